The minimum Gasteiger partial charge on any atom is -0.481 e. The number of hydrogen-bond acceptors (Lipinski definition) is 9. The van der Waals surface area contributed by atoms with Crippen LogP contribution < -0.4 is 20.4 Å². The number of pyridine rings is 1. The van der Waals surface area contributed by atoms with Crippen molar-refractivity contribution in [3.8, 4) is 11.1 Å². The third-order valence-electron chi connectivity index (χ3n) is 11.6. The van der Waals surface area contributed by atoms with Crippen molar-refractivity contribution < 1.29 is 29.0 Å². The lowest BCUT2D eigenvalue weighted by Crippen LogP contribution is -2.49. The van der Waals surface area contributed by atoms with E-state index in [1.165, 1.54) is 0 Å². The second-order valence-electron chi connectivity index (χ2n) is 17.7. The van der Waals surface area contributed by atoms with Gasteiger partial charge in [0.15, 0.2) is 0 Å². The van der Waals surface area contributed by atoms with E-state index in [4.69, 9.17) is 14.5 Å². The first-order chi connectivity index (χ1) is 30.6. The number of aromatic nitrogens is 1. The number of carboxylic acid groups (broad SMARTS) is 1. The predicted molar refractivity (Wildman–Crippen MR) is 260 cm³/mol. The van der Waals surface area contributed by atoms with Crippen LogP contribution in [-0.4, -0.2) is 74.4 Å². The molecule has 4 aromatic rings. The third kappa shape index (κ3) is 14.6. The van der Waals surface area contributed by atoms with E-state index >= 15 is 0 Å². The number of likely N-dealkylation sites (N-methyl/N-ethyl adjacent to an activating group) is 1. The van der Waals surface area contributed by atoms with Gasteiger partial charge >= 0.3 is 5.97 Å². The normalized spacial score (nSPS) is 13.3. The third-order valence-corrected chi connectivity index (χ3v) is 11.6. The van der Waals surface area contributed by atoms with Crippen molar-refractivity contribution in [1.29, 1.82) is 0 Å². The molecule has 0 aliphatic carbocycles. The number of amides is 1. The van der Waals surface area contributed by atoms with Crippen molar-refractivity contribution in [3.63, 3.8) is 0 Å². The minimum absolute atomic E-state index is 0.0735. The van der Waals surface area contributed by atoms with E-state index in [-0.39, 0.29) is 48.5 Å². The molecule has 4 rings (SSSR count). The molecule has 3 atom stereocenters. The van der Waals surface area contributed by atoms with Crippen LogP contribution in [0.5, 0.6) is 0 Å². The number of allylic oxidation sites excluding steroid dienone is 1. The average Bonchev–Trinajstić information content (AvgIpc) is 3.28. The summed E-state index contributed by atoms with van der Waals surface area (Å²) in [4.78, 5) is 45.5. The summed E-state index contributed by atoms with van der Waals surface area (Å²) in [6.07, 6.45) is 5.94. The van der Waals surface area contributed by atoms with E-state index in [1.54, 1.807) is 26.4 Å². The van der Waals surface area contributed by atoms with Gasteiger partial charge in [0.05, 0.1) is 30.5 Å². The Morgan fingerprint density at radius 2 is 1.66 bits per heavy atom. The fraction of sp³-hybridized carbons (Fsp3) is 0.434. The molecule has 1 heterocycles. The fourth-order valence-electron chi connectivity index (χ4n) is 8.38. The molecule has 0 bridgehead atoms. The summed E-state index contributed by atoms with van der Waals surface area (Å²) < 4.78 is 11.1. The fourth-order valence-corrected chi connectivity index (χ4v) is 8.38. The molecule has 1 aromatic heterocycles. The molecule has 1 amide bonds. The molecular formula is C53H71N5O6. The first kappa shape index (κ1) is 50.9. The van der Waals surface area contributed by atoms with Crippen LogP contribution in [0.3, 0.4) is 0 Å². The van der Waals surface area contributed by atoms with E-state index in [2.05, 4.69) is 115 Å². The number of nitrogens with one attached hydrogen (secondary N) is 2. The summed E-state index contributed by atoms with van der Waals surface area (Å²) in [5.41, 5.74) is 9.87. The number of nitrogens with zero attached hydrogens (tertiary/aromatic N) is 3. The van der Waals surface area contributed by atoms with Gasteiger partial charge in [0, 0.05) is 67.4 Å². The molecule has 0 spiro atoms. The maximum atomic E-state index is 13.4. The molecule has 0 fully saturated rings. The highest BCUT2D eigenvalue weighted by molar-refractivity contribution is 5.84. The lowest BCUT2D eigenvalue weighted by molar-refractivity contribution is -0.137. The molecule has 0 saturated heterocycles. The molecule has 0 radical (unpaired) electrons. The van der Waals surface area contributed by atoms with Crippen LogP contribution in [0.15, 0.2) is 109 Å². The van der Waals surface area contributed by atoms with E-state index in [1.807, 2.05) is 45.0 Å². The van der Waals surface area contributed by atoms with Gasteiger partial charge in [-0.1, -0.05) is 82.3 Å². The van der Waals surface area contributed by atoms with Gasteiger partial charge in [0.25, 0.3) is 6.47 Å². The maximum Gasteiger partial charge on any atom is 0.303 e. The van der Waals surface area contributed by atoms with Gasteiger partial charge in [0.2, 0.25) is 5.91 Å². The second-order valence-corrected chi connectivity index (χ2v) is 17.7. The summed E-state index contributed by atoms with van der Waals surface area (Å²) in [5, 5.41) is 15.8. The topological polar surface area (TPSA) is 133 Å². The van der Waals surface area contributed by atoms with Crippen LogP contribution in [0.2, 0.25) is 0 Å². The highest BCUT2D eigenvalue weighted by Gasteiger charge is 2.27. The van der Waals surface area contributed by atoms with Gasteiger partial charge in [-0.3, -0.25) is 19.4 Å². The monoisotopic (exact) mass is 874 g/mol. The Bertz CT molecular complexity index is 2150. The molecule has 3 unspecified atom stereocenters. The van der Waals surface area contributed by atoms with Crippen molar-refractivity contribution in [1.82, 2.24) is 15.6 Å². The standard InChI is InChI=1S/C53H71N5O6/c1-11-44(56-52(62)49(54-9)37(3)4)30-41-29-43(32-46(31-41)57(28-17-16-22-48(60)61)34-40-19-14-13-15-20-40)42-23-25-45(26-24-42)58(12-2)51(38(5)33-53(7,8)35-64-36-59)47-21-18-27-55-50(47)39(6)63-10/h11,13-15,18-21,23-27,29,31-32,36-37,39,44,49,54H,1,12,16-17,22,28,30,33-35H2,2-10H3,(H,56,62)(H,60,61)/b51-38+. The number of carbonyl (C=O) groups is 3. The van der Waals surface area contributed by atoms with Gasteiger partial charge in [-0.25, -0.2) is 0 Å². The summed E-state index contributed by atoms with van der Waals surface area (Å²) in [6.45, 7) is 21.4. The lowest BCUT2D eigenvalue weighted by atomic mass is 9.85. The minimum atomic E-state index is -0.796. The number of hydrogen-bond donors (Lipinski definition) is 3. The van der Waals surface area contributed by atoms with Gasteiger partial charge in [0.1, 0.15) is 0 Å². The Balaban J connectivity index is 1.84. The highest BCUT2D eigenvalue weighted by atomic mass is 16.5. The number of carboxylic acids is 1. The Labute approximate surface area is 382 Å². The van der Waals surface area contributed by atoms with Gasteiger partial charge < -0.3 is 35.0 Å². The highest BCUT2D eigenvalue weighted by Crippen LogP contribution is 2.38. The summed E-state index contributed by atoms with van der Waals surface area (Å²) in [7, 11) is 3.49. The number of anilines is 2. The van der Waals surface area contributed by atoms with Crippen molar-refractivity contribution in [2.75, 3.05) is 43.7 Å². The van der Waals surface area contributed by atoms with Gasteiger partial charge in [-0.05, 0) is 124 Å². The summed E-state index contributed by atoms with van der Waals surface area (Å²) in [6, 6.07) is 28.9. The molecule has 344 valence electrons. The van der Waals surface area contributed by atoms with Crippen LogP contribution in [-0.2, 0) is 36.8 Å². The average molecular weight is 874 g/mol. The number of benzene rings is 3. The zero-order chi connectivity index (χ0) is 46.8. The SMILES string of the molecule is C=CC(Cc1cc(-c2ccc(N(CC)/C(=C(\C)CC(C)(C)COC=O)c3cccnc3C(C)OC)cc2)cc(N(CCCCC(=O)O)Cc2ccccc2)c1)NC(=O)C(NC)C(C)C. The van der Waals surface area contributed by atoms with Crippen LogP contribution in [0.4, 0.5) is 11.4 Å². The van der Waals surface area contributed by atoms with Gasteiger partial charge in [-0.2, -0.15) is 0 Å². The molecule has 11 nitrogen and oxygen atoms in total. The summed E-state index contributed by atoms with van der Waals surface area (Å²) >= 11 is 0. The Hall–Kier alpha value is -5.78. The quantitative estimate of drug-likeness (QED) is 0.0302. The van der Waals surface area contributed by atoms with Crippen LogP contribution in [0, 0.1) is 11.3 Å². The van der Waals surface area contributed by atoms with Crippen molar-refractivity contribution in [3.05, 3.63) is 132 Å². The van der Waals surface area contributed by atoms with Crippen LogP contribution >= 0.6 is 0 Å². The maximum absolute atomic E-state index is 13.4. The molecule has 0 aliphatic rings. The second kappa shape index (κ2) is 24.9. The number of ether oxygens (including phenoxy) is 2. The number of unbranched alkanes of at least 4 members (excludes halogenated alkanes) is 1. The first-order valence-electron chi connectivity index (χ1n) is 22.5. The smallest absolute Gasteiger partial charge is 0.303 e. The van der Waals surface area contributed by atoms with E-state index in [0.29, 0.717) is 51.8 Å². The molecule has 11 heteroatoms. The molecule has 0 saturated carbocycles. The Morgan fingerprint density at radius 1 is 0.938 bits per heavy atom. The number of methoxy groups -OCH3 is 1. The van der Waals surface area contributed by atoms with Crippen LogP contribution in [0.25, 0.3) is 16.8 Å². The zero-order valence-corrected chi connectivity index (χ0v) is 39.5. The van der Waals surface area contributed by atoms with E-state index < -0.39 is 5.97 Å². The molecule has 64 heavy (non-hydrogen) atoms. The van der Waals surface area contributed by atoms with Crippen molar-refractivity contribution in [2.45, 2.75) is 105 Å². The van der Waals surface area contributed by atoms with Crippen molar-refractivity contribution in [2.24, 2.45) is 11.3 Å². The Morgan fingerprint density at radius 3 is 2.27 bits per heavy atom. The predicted octanol–water partition coefficient (Wildman–Crippen LogP) is 10.0. The van der Waals surface area contributed by atoms with E-state index in [0.717, 1.165) is 56.2 Å². The van der Waals surface area contributed by atoms with Crippen molar-refractivity contribution >= 4 is 35.4 Å². The van der Waals surface area contributed by atoms with Gasteiger partial charge in [-0.15, -0.1) is 6.58 Å². The molecule has 3 N–H and O–H groups in total. The zero-order valence-electron chi connectivity index (χ0n) is 39.5. The number of rotatable bonds is 27. The van der Waals surface area contributed by atoms with E-state index in [9.17, 15) is 19.5 Å². The summed E-state index contributed by atoms with van der Waals surface area (Å²) in [5.74, 6) is -0.762. The number of carbonyl (C=O) groups excluding carboxylic acids is 2. The lowest BCUT2D eigenvalue weighted by Gasteiger charge is -2.33. The largest absolute Gasteiger partial charge is 0.481 e. The molecule has 0 aliphatic heterocycles. The number of aliphatic carboxylic acids is 1. The van der Waals surface area contributed by atoms with Crippen LogP contribution in [0.1, 0.15) is 103 Å². The Kier molecular flexibility index (Phi) is 19.8. The first-order valence-corrected chi connectivity index (χ1v) is 22.5. The molecular weight excluding hydrogens is 803 g/mol. The molecule has 3 aromatic carbocycles.